The number of aryl methyl sites for hydroxylation is 1. The first-order valence-electron chi connectivity index (χ1n) is 9.34. The average molecular weight is 377 g/mol. The summed E-state index contributed by atoms with van der Waals surface area (Å²) in [6.45, 7) is 4.63. The Bertz CT molecular complexity index is 899. The van der Waals surface area contributed by atoms with E-state index in [1.807, 2.05) is 18.4 Å². The first-order valence-corrected chi connectivity index (χ1v) is 9.34. The van der Waals surface area contributed by atoms with Crippen molar-refractivity contribution in [1.29, 1.82) is 0 Å². The lowest BCUT2D eigenvalue weighted by molar-refractivity contribution is -0.140. The molecule has 1 aromatic carbocycles. The van der Waals surface area contributed by atoms with Crippen molar-refractivity contribution >= 4 is 22.7 Å². The van der Waals surface area contributed by atoms with Crippen LogP contribution in [0.3, 0.4) is 0 Å². The van der Waals surface area contributed by atoms with Gasteiger partial charge >= 0.3 is 5.97 Å². The van der Waals surface area contributed by atoms with Crippen molar-refractivity contribution in [3.8, 4) is 0 Å². The number of methoxy groups -OCH3 is 1. The van der Waals surface area contributed by atoms with Crippen molar-refractivity contribution < 1.29 is 23.1 Å². The van der Waals surface area contributed by atoms with Crippen molar-refractivity contribution in [1.82, 2.24) is 4.57 Å². The second kappa shape index (κ2) is 7.41. The van der Waals surface area contributed by atoms with E-state index >= 15 is 0 Å². The number of nitrogens with zero attached hydrogens (tertiary/aromatic N) is 1. The van der Waals surface area contributed by atoms with Crippen LogP contribution in [0, 0.1) is 17.0 Å². The monoisotopic (exact) mass is 377 g/mol. The topological polar surface area (TPSA) is 48.3 Å². The molecule has 1 aliphatic rings. The second-order valence-corrected chi connectivity index (χ2v) is 8.06. The molecule has 6 heteroatoms. The van der Waals surface area contributed by atoms with Gasteiger partial charge in [-0.05, 0) is 36.8 Å². The third kappa shape index (κ3) is 3.75. The Balaban J connectivity index is 1.94. The SMILES string of the molecule is COC(=O)CCCCCn1c2c(c3c(F)c(F)ccc31)C(=O)CC(C)(C)C2. The minimum absolute atomic E-state index is 0.111. The number of rotatable bonds is 6. The maximum absolute atomic E-state index is 14.5. The van der Waals surface area contributed by atoms with Gasteiger partial charge in [-0.25, -0.2) is 8.78 Å². The third-order valence-electron chi connectivity index (χ3n) is 5.28. The summed E-state index contributed by atoms with van der Waals surface area (Å²) in [5.41, 5.74) is 1.49. The molecule has 0 bridgehead atoms. The summed E-state index contributed by atoms with van der Waals surface area (Å²) in [6, 6.07) is 2.67. The Labute approximate surface area is 157 Å². The summed E-state index contributed by atoms with van der Waals surface area (Å²) in [5.74, 6) is -2.23. The van der Waals surface area contributed by atoms with E-state index in [9.17, 15) is 18.4 Å². The minimum atomic E-state index is -0.943. The van der Waals surface area contributed by atoms with Crippen LogP contribution in [0.15, 0.2) is 12.1 Å². The summed E-state index contributed by atoms with van der Waals surface area (Å²) < 4.78 is 35.0. The highest BCUT2D eigenvalue weighted by atomic mass is 19.2. The van der Waals surface area contributed by atoms with Crippen LogP contribution in [0.2, 0.25) is 0 Å². The first-order chi connectivity index (χ1) is 12.7. The molecule has 27 heavy (non-hydrogen) atoms. The molecule has 0 amide bonds. The van der Waals surface area contributed by atoms with Crippen molar-refractivity contribution in [3.63, 3.8) is 0 Å². The number of esters is 1. The predicted octanol–water partition coefficient (Wildman–Crippen LogP) is 4.81. The molecule has 0 saturated heterocycles. The number of carbonyl (C=O) groups is 2. The van der Waals surface area contributed by atoms with E-state index in [-0.39, 0.29) is 22.6 Å². The molecule has 1 aliphatic carbocycles. The predicted molar refractivity (Wildman–Crippen MR) is 98.8 cm³/mol. The average Bonchev–Trinajstić information content (AvgIpc) is 2.90. The normalized spacial score (nSPS) is 15.8. The molecule has 0 aliphatic heterocycles. The Morgan fingerprint density at radius 2 is 1.93 bits per heavy atom. The van der Waals surface area contributed by atoms with E-state index in [0.29, 0.717) is 43.3 Å². The van der Waals surface area contributed by atoms with Crippen LogP contribution < -0.4 is 0 Å². The molecule has 1 heterocycles. The van der Waals surface area contributed by atoms with E-state index in [0.717, 1.165) is 24.6 Å². The number of hydrogen-bond donors (Lipinski definition) is 0. The van der Waals surface area contributed by atoms with Crippen LogP contribution in [0.5, 0.6) is 0 Å². The van der Waals surface area contributed by atoms with Gasteiger partial charge in [0.15, 0.2) is 17.4 Å². The molecule has 0 unspecified atom stereocenters. The number of ketones is 1. The molecule has 0 saturated carbocycles. The lowest BCUT2D eigenvalue weighted by Crippen LogP contribution is -2.28. The van der Waals surface area contributed by atoms with Crippen molar-refractivity contribution in [2.45, 2.75) is 58.9 Å². The van der Waals surface area contributed by atoms with Gasteiger partial charge < -0.3 is 9.30 Å². The largest absolute Gasteiger partial charge is 0.469 e. The number of halogens is 2. The van der Waals surface area contributed by atoms with Gasteiger partial charge in [-0.3, -0.25) is 9.59 Å². The van der Waals surface area contributed by atoms with E-state index in [1.165, 1.54) is 7.11 Å². The van der Waals surface area contributed by atoms with Gasteiger partial charge in [-0.1, -0.05) is 20.3 Å². The Morgan fingerprint density at radius 3 is 2.63 bits per heavy atom. The van der Waals surface area contributed by atoms with Gasteiger partial charge in [0.05, 0.1) is 12.6 Å². The van der Waals surface area contributed by atoms with Crippen LogP contribution in [0.4, 0.5) is 8.78 Å². The molecule has 0 radical (unpaired) electrons. The Hall–Kier alpha value is -2.24. The minimum Gasteiger partial charge on any atom is -0.469 e. The molecule has 146 valence electrons. The van der Waals surface area contributed by atoms with Crippen LogP contribution in [0.25, 0.3) is 10.9 Å². The molecule has 0 atom stereocenters. The number of benzene rings is 1. The number of unbranched alkanes of at least 4 members (excludes halogenated alkanes) is 2. The number of aromatic nitrogens is 1. The summed E-state index contributed by atoms with van der Waals surface area (Å²) in [5, 5.41) is 0.111. The van der Waals surface area contributed by atoms with Crippen LogP contribution in [-0.2, 0) is 22.5 Å². The molecule has 4 nitrogen and oxygen atoms in total. The summed E-state index contributed by atoms with van der Waals surface area (Å²) >= 11 is 0. The number of Topliss-reactive ketones (excluding diaryl/α,β-unsaturated/α-hetero) is 1. The van der Waals surface area contributed by atoms with Gasteiger partial charge in [-0.2, -0.15) is 0 Å². The van der Waals surface area contributed by atoms with Gasteiger partial charge in [0.1, 0.15) is 0 Å². The molecule has 1 aromatic heterocycles. The smallest absolute Gasteiger partial charge is 0.305 e. The number of ether oxygens (including phenoxy) is 1. The van der Waals surface area contributed by atoms with Crippen molar-refractivity contribution in [3.05, 3.63) is 35.0 Å². The molecular weight excluding hydrogens is 352 g/mol. The number of carbonyl (C=O) groups excluding carboxylic acids is 2. The number of fused-ring (bicyclic) bond motifs is 3. The van der Waals surface area contributed by atoms with E-state index in [2.05, 4.69) is 4.74 Å². The maximum atomic E-state index is 14.5. The zero-order chi connectivity index (χ0) is 19.8. The Morgan fingerprint density at radius 1 is 1.19 bits per heavy atom. The fourth-order valence-electron chi connectivity index (χ4n) is 4.02. The molecule has 3 rings (SSSR count). The molecule has 2 aromatic rings. The van der Waals surface area contributed by atoms with Gasteiger partial charge in [0.2, 0.25) is 0 Å². The van der Waals surface area contributed by atoms with Gasteiger partial charge in [-0.15, -0.1) is 0 Å². The summed E-state index contributed by atoms with van der Waals surface area (Å²) in [6.07, 6.45) is 3.64. The number of hydrogen-bond acceptors (Lipinski definition) is 3. The fraction of sp³-hybridized carbons (Fsp3) is 0.524. The van der Waals surface area contributed by atoms with Crippen molar-refractivity contribution in [2.75, 3.05) is 7.11 Å². The maximum Gasteiger partial charge on any atom is 0.305 e. The second-order valence-electron chi connectivity index (χ2n) is 8.06. The van der Waals surface area contributed by atoms with Crippen LogP contribution in [0.1, 0.15) is 62.0 Å². The van der Waals surface area contributed by atoms with E-state index in [4.69, 9.17) is 0 Å². The summed E-state index contributed by atoms with van der Waals surface area (Å²) in [4.78, 5) is 23.9. The highest BCUT2D eigenvalue weighted by Crippen LogP contribution is 2.41. The zero-order valence-corrected chi connectivity index (χ0v) is 16.0. The molecule has 0 spiro atoms. The van der Waals surface area contributed by atoms with E-state index < -0.39 is 11.6 Å². The highest BCUT2D eigenvalue weighted by molar-refractivity contribution is 6.10. The lowest BCUT2D eigenvalue weighted by Gasteiger charge is -2.29. The molecular formula is C21H25F2NO3. The molecule has 0 fully saturated rings. The third-order valence-corrected chi connectivity index (χ3v) is 5.28. The van der Waals surface area contributed by atoms with Gasteiger partial charge in [0, 0.05) is 36.0 Å². The standard InChI is InChI=1S/C21H25F2NO3/c1-21(2)11-15-18(16(25)12-21)19-14(9-8-13(22)20(19)23)24(15)10-6-4-5-7-17(26)27-3/h8-9H,4-7,10-12H2,1-3H3. The van der Waals surface area contributed by atoms with Crippen molar-refractivity contribution in [2.24, 2.45) is 5.41 Å². The summed E-state index contributed by atoms with van der Waals surface area (Å²) in [7, 11) is 1.37. The highest BCUT2D eigenvalue weighted by Gasteiger charge is 2.36. The zero-order valence-electron chi connectivity index (χ0n) is 16.0. The fourth-order valence-corrected chi connectivity index (χ4v) is 4.02. The Kier molecular flexibility index (Phi) is 5.36. The van der Waals surface area contributed by atoms with E-state index in [1.54, 1.807) is 6.07 Å². The quantitative estimate of drug-likeness (QED) is 0.536. The first kappa shape index (κ1) is 19.5. The lowest BCUT2D eigenvalue weighted by atomic mass is 9.75. The van der Waals surface area contributed by atoms with Crippen LogP contribution >= 0.6 is 0 Å². The van der Waals surface area contributed by atoms with Gasteiger partial charge in [0.25, 0.3) is 0 Å². The van der Waals surface area contributed by atoms with Crippen LogP contribution in [-0.4, -0.2) is 23.4 Å². The molecule has 0 N–H and O–H groups in total.